The lowest BCUT2D eigenvalue weighted by molar-refractivity contribution is 0.243. The molecule has 0 unspecified atom stereocenters. The molecule has 0 aromatic heterocycles. The SMILES string of the molecule is Fc1ccc2c(c1)C1(CCC1)CC2. The number of benzene rings is 1. The molecule has 0 atom stereocenters. The quantitative estimate of drug-likeness (QED) is 0.569. The van der Waals surface area contributed by atoms with E-state index in [0.717, 1.165) is 6.42 Å². The molecule has 0 bridgehead atoms. The van der Waals surface area contributed by atoms with Crippen LogP contribution in [0, 0.1) is 5.82 Å². The van der Waals surface area contributed by atoms with Gasteiger partial charge in [-0.2, -0.15) is 0 Å². The van der Waals surface area contributed by atoms with Crippen LogP contribution in [0.5, 0.6) is 0 Å². The Labute approximate surface area is 77.8 Å². The standard InChI is InChI=1S/C12H13F/c13-10-3-2-9-4-7-12(5-1-6-12)11(9)8-10/h2-3,8H,1,4-7H2. The van der Waals surface area contributed by atoms with E-state index in [1.807, 2.05) is 6.07 Å². The van der Waals surface area contributed by atoms with Crippen molar-refractivity contribution in [3.05, 3.63) is 35.1 Å². The summed E-state index contributed by atoms with van der Waals surface area (Å²) in [5.74, 6) is -0.0630. The second-order valence-corrected chi connectivity index (χ2v) is 4.44. The molecule has 0 amide bonds. The van der Waals surface area contributed by atoms with Crippen molar-refractivity contribution in [2.24, 2.45) is 0 Å². The highest BCUT2D eigenvalue weighted by Gasteiger charge is 2.43. The number of aryl methyl sites for hydroxylation is 1. The van der Waals surface area contributed by atoms with Crippen LogP contribution in [-0.2, 0) is 11.8 Å². The van der Waals surface area contributed by atoms with Gasteiger partial charge in [-0.25, -0.2) is 4.39 Å². The van der Waals surface area contributed by atoms with E-state index in [-0.39, 0.29) is 5.82 Å². The molecule has 68 valence electrons. The fraction of sp³-hybridized carbons (Fsp3) is 0.500. The van der Waals surface area contributed by atoms with Gasteiger partial charge in [-0.1, -0.05) is 12.5 Å². The second kappa shape index (κ2) is 2.34. The molecule has 0 N–H and O–H groups in total. The number of fused-ring (bicyclic) bond motifs is 2. The van der Waals surface area contributed by atoms with E-state index in [1.54, 1.807) is 12.1 Å². The van der Waals surface area contributed by atoms with Gasteiger partial charge >= 0.3 is 0 Å². The average molecular weight is 176 g/mol. The first-order valence-corrected chi connectivity index (χ1v) is 5.09. The van der Waals surface area contributed by atoms with Gasteiger partial charge < -0.3 is 0 Å². The van der Waals surface area contributed by atoms with E-state index >= 15 is 0 Å². The summed E-state index contributed by atoms with van der Waals surface area (Å²) in [5.41, 5.74) is 3.11. The minimum absolute atomic E-state index is 0.0630. The van der Waals surface area contributed by atoms with Crippen LogP contribution in [-0.4, -0.2) is 0 Å². The predicted molar refractivity (Wildman–Crippen MR) is 50.3 cm³/mol. The third kappa shape index (κ3) is 0.903. The van der Waals surface area contributed by atoms with Gasteiger partial charge in [0, 0.05) is 0 Å². The maximum Gasteiger partial charge on any atom is 0.123 e. The summed E-state index contributed by atoms with van der Waals surface area (Å²) in [4.78, 5) is 0. The van der Waals surface area contributed by atoms with Crippen molar-refractivity contribution in [1.82, 2.24) is 0 Å². The highest BCUT2D eigenvalue weighted by atomic mass is 19.1. The topological polar surface area (TPSA) is 0 Å². The lowest BCUT2D eigenvalue weighted by atomic mass is 9.65. The molecule has 1 aromatic carbocycles. The minimum atomic E-state index is -0.0630. The van der Waals surface area contributed by atoms with Crippen molar-refractivity contribution in [1.29, 1.82) is 0 Å². The van der Waals surface area contributed by atoms with Gasteiger partial charge in [0.25, 0.3) is 0 Å². The Morgan fingerprint density at radius 1 is 1.15 bits per heavy atom. The minimum Gasteiger partial charge on any atom is -0.207 e. The van der Waals surface area contributed by atoms with Crippen molar-refractivity contribution in [3.8, 4) is 0 Å². The third-order valence-corrected chi connectivity index (χ3v) is 3.83. The van der Waals surface area contributed by atoms with Crippen LogP contribution in [0.25, 0.3) is 0 Å². The largest absolute Gasteiger partial charge is 0.207 e. The van der Waals surface area contributed by atoms with Crippen LogP contribution in [0.3, 0.4) is 0 Å². The molecule has 0 aliphatic heterocycles. The van der Waals surface area contributed by atoms with Crippen LogP contribution in [0.15, 0.2) is 18.2 Å². The molecular weight excluding hydrogens is 163 g/mol. The summed E-state index contributed by atoms with van der Waals surface area (Å²) in [5, 5.41) is 0. The van der Waals surface area contributed by atoms with E-state index < -0.39 is 0 Å². The lowest BCUT2D eigenvalue weighted by Crippen LogP contribution is -2.31. The van der Waals surface area contributed by atoms with Gasteiger partial charge in [0.05, 0.1) is 0 Å². The van der Waals surface area contributed by atoms with Crippen molar-refractivity contribution >= 4 is 0 Å². The first-order valence-electron chi connectivity index (χ1n) is 5.09. The van der Waals surface area contributed by atoms with Crippen molar-refractivity contribution in [2.45, 2.75) is 37.5 Å². The average Bonchev–Trinajstić information content (AvgIpc) is 2.41. The molecule has 3 rings (SSSR count). The fourth-order valence-corrected chi connectivity index (χ4v) is 2.89. The Morgan fingerprint density at radius 2 is 2.00 bits per heavy atom. The highest BCUT2D eigenvalue weighted by Crippen LogP contribution is 2.52. The highest BCUT2D eigenvalue weighted by molar-refractivity contribution is 5.41. The maximum absolute atomic E-state index is 13.1. The number of hydrogen-bond acceptors (Lipinski definition) is 0. The summed E-state index contributed by atoms with van der Waals surface area (Å²) in [6, 6.07) is 5.33. The summed E-state index contributed by atoms with van der Waals surface area (Å²) in [6.45, 7) is 0. The van der Waals surface area contributed by atoms with E-state index in [4.69, 9.17) is 0 Å². The number of rotatable bonds is 0. The fourth-order valence-electron chi connectivity index (χ4n) is 2.89. The smallest absolute Gasteiger partial charge is 0.123 e. The van der Waals surface area contributed by atoms with Crippen LogP contribution in [0.4, 0.5) is 4.39 Å². The van der Waals surface area contributed by atoms with Gasteiger partial charge in [-0.3, -0.25) is 0 Å². The third-order valence-electron chi connectivity index (χ3n) is 3.83. The molecule has 13 heavy (non-hydrogen) atoms. The molecule has 1 fully saturated rings. The predicted octanol–water partition coefficient (Wildman–Crippen LogP) is 3.19. The summed E-state index contributed by atoms with van der Waals surface area (Å²) in [7, 11) is 0. The summed E-state index contributed by atoms with van der Waals surface area (Å²) < 4.78 is 13.1. The lowest BCUT2D eigenvalue weighted by Gasteiger charge is -2.39. The first kappa shape index (κ1) is 7.54. The Balaban J connectivity index is 2.14. The zero-order valence-corrected chi connectivity index (χ0v) is 7.65. The van der Waals surface area contributed by atoms with Gasteiger partial charge in [0.2, 0.25) is 0 Å². The van der Waals surface area contributed by atoms with Crippen molar-refractivity contribution in [2.75, 3.05) is 0 Å². The maximum atomic E-state index is 13.1. The van der Waals surface area contributed by atoms with Gasteiger partial charge in [-0.05, 0) is 54.4 Å². The van der Waals surface area contributed by atoms with Crippen molar-refractivity contribution in [3.63, 3.8) is 0 Å². The van der Waals surface area contributed by atoms with Crippen LogP contribution in [0.2, 0.25) is 0 Å². The summed E-state index contributed by atoms with van der Waals surface area (Å²) in [6.07, 6.45) is 6.31. The Bertz CT molecular complexity index is 350. The molecule has 2 aliphatic rings. The molecule has 1 spiro atoms. The van der Waals surface area contributed by atoms with E-state index in [0.29, 0.717) is 5.41 Å². The zero-order chi connectivity index (χ0) is 8.89. The Morgan fingerprint density at radius 3 is 2.69 bits per heavy atom. The molecule has 1 aromatic rings. The molecule has 0 heterocycles. The van der Waals surface area contributed by atoms with Crippen LogP contribution >= 0.6 is 0 Å². The Kier molecular flexibility index (Phi) is 1.36. The van der Waals surface area contributed by atoms with Crippen LogP contribution in [0.1, 0.15) is 36.8 Å². The van der Waals surface area contributed by atoms with Crippen molar-refractivity contribution < 1.29 is 4.39 Å². The first-order chi connectivity index (χ1) is 6.30. The monoisotopic (exact) mass is 176 g/mol. The molecule has 0 nitrogen and oxygen atoms in total. The molecule has 0 saturated heterocycles. The normalized spacial score (nSPS) is 22.8. The Hall–Kier alpha value is -0.850. The molecular formula is C12H13F. The molecule has 2 aliphatic carbocycles. The van der Waals surface area contributed by atoms with E-state index in [1.165, 1.54) is 36.8 Å². The number of hydrogen-bond donors (Lipinski definition) is 0. The van der Waals surface area contributed by atoms with E-state index in [2.05, 4.69) is 0 Å². The molecule has 0 radical (unpaired) electrons. The van der Waals surface area contributed by atoms with Crippen LogP contribution < -0.4 is 0 Å². The molecule has 1 saturated carbocycles. The van der Waals surface area contributed by atoms with Gasteiger partial charge in [0.15, 0.2) is 0 Å². The molecule has 1 heteroatoms. The summed E-state index contributed by atoms with van der Waals surface area (Å²) >= 11 is 0. The number of halogens is 1. The van der Waals surface area contributed by atoms with E-state index in [9.17, 15) is 4.39 Å². The second-order valence-electron chi connectivity index (χ2n) is 4.44. The van der Waals surface area contributed by atoms with Gasteiger partial charge in [-0.15, -0.1) is 0 Å². The zero-order valence-electron chi connectivity index (χ0n) is 7.65. The van der Waals surface area contributed by atoms with Gasteiger partial charge in [0.1, 0.15) is 5.82 Å².